The topological polar surface area (TPSA) is 98.5 Å². The van der Waals surface area contributed by atoms with Crippen molar-refractivity contribution in [1.82, 2.24) is 4.98 Å². The number of oxazole rings is 1. The second kappa shape index (κ2) is 7.47. The molecule has 1 aliphatic rings. The number of carbonyl (C=O) groups is 3. The Hall–Kier alpha value is -3.13. The fraction of sp³-hybridized carbons (Fsp3) is 0.200. The third kappa shape index (κ3) is 3.63. The number of anilines is 1. The molecule has 7 nitrogen and oxygen atoms in total. The second-order valence-corrected chi connectivity index (χ2v) is 7.26. The second-order valence-electron chi connectivity index (χ2n) is 6.33. The van der Waals surface area contributed by atoms with Crippen molar-refractivity contribution in [3.05, 3.63) is 53.6 Å². The van der Waals surface area contributed by atoms with Crippen LogP contribution in [-0.2, 0) is 14.3 Å². The van der Waals surface area contributed by atoms with E-state index in [1.807, 2.05) is 18.2 Å². The standard InChI is InChI=1S/C20H16N2O5S/c1-11-13-8-12(6-7-14(13)21-19(11)25)16(23)9-26-18(24)10-28-20-22-15-4-2-3-5-17(15)27-20/h2-8,11H,9-10H2,1H3,(H,21,25)/t11-/m1/s1. The fourth-order valence-electron chi connectivity index (χ4n) is 2.89. The number of thioether (sulfide) groups is 1. The summed E-state index contributed by atoms with van der Waals surface area (Å²) in [5.74, 6) is -1.28. The number of ketones is 1. The lowest BCUT2D eigenvalue weighted by molar-refractivity contribution is -0.139. The van der Waals surface area contributed by atoms with Crippen molar-refractivity contribution in [2.75, 3.05) is 17.7 Å². The number of rotatable bonds is 6. The minimum absolute atomic E-state index is 0.0141. The first-order valence-electron chi connectivity index (χ1n) is 8.63. The molecule has 8 heteroatoms. The molecule has 1 N–H and O–H groups in total. The van der Waals surface area contributed by atoms with Crippen LogP contribution in [0, 0.1) is 0 Å². The number of para-hydroxylation sites is 2. The van der Waals surface area contributed by atoms with Gasteiger partial charge in [-0.15, -0.1) is 0 Å². The molecule has 0 spiro atoms. The predicted molar refractivity (Wildman–Crippen MR) is 104 cm³/mol. The maximum absolute atomic E-state index is 12.3. The summed E-state index contributed by atoms with van der Waals surface area (Å²) in [6.45, 7) is 1.42. The van der Waals surface area contributed by atoms with E-state index in [1.54, 1.807) is 31.2 Å². The number of benzene rings is 2. The highest BCUT2D eigenvalue weighted by atomic mass is 32.2. The summed E-state index contributed by atoms with van der Waals surface area (Å²) >= 11 is 1.11. The normalized spacial score (nSPS) is 15.3. The van der Waals surface area contributed by atoms with Gasteiger partial charge in [0.25, 0.3) is 5.22 Å². The summed E-state index contributed by atoms with van der Waals surface area (Å²) < 4.78 is 10.6. The average molecular weight is 396 g/mol. The first-order chi connectivity index (χ1) is 13.5. The SMILES string of the molecule is C[C@H]1C(=O)Nc2ccc(C(=O)COC(=O)CSc3nc4ccccc4o3)cc21. The number of hydrogen-bond acceptors (Lipinski definition) is 7. The molecule has 2 aromatic carbocycles. The van der Waals surface area contributed by atoms with Crippen molar-refractivity contribution >= 4 is 46.2 Å². The number of hydrogen-bond donors (Lipinski definition) is 1. The summed E-state index contributed by atoms with van der Waals surface area (Å²) in [6.07, 6.45) is 0. The number of ether oxygens (including phenoxy) is 1. The van der Waals surface area contributed by atoms with E-state index in [4.69, 9.17) is 9.15 Å². The maximum Gasteiger partial charge on any atom is 0.316 e. The van der Waals surface area contributed by atoms with Gasteiger partial charge in [0, 0.05) is 11.3 Å². The van der Waals surface area contributed by atoms with Gasteiger partial charge in [0.05, 0.1) is 5.92 Å². The van der Waals surface area contributed by atoms with Gasteiger partial charge < -0.3 is 14.5 Å². The van der Waals surface area contributed by atoms with Crippen molar-refractivity contribution < 1.29 is 23.5 Å². The number of Topliss-reactive ketones (excluding diaryl/α,β-unsaturated/α-hetero) is 1. The molecule has 0 unspecified atom stereocenters. The van der Waals surface area contributed by atoms with Gasteiger partial charge in [-0.3, -0.25) is 14.4 Å². The van der Waals surface area contributed by atoms with Crippen molar-refractivity contribution in [3.8, 4) is 0 Å². The van der Waals surface area contributed by atoms with Crippen molar-refractivity contribution in [2.45, 2.75) is 18.1 Å². The molecule has 1 atom stereocenters. The van der Waals surface area contributed by atoms with Gasteiger partial charge in [0.2, 0.25) is 5.91 Å². The number of amides is 1. The van der Waals surface area contributed by atoms with E-state index in [0.29, 0.717) is 27.6 Å². The van der Waals surface area contributed by atoms with Gasteiger partial charge in [-0.2, -0.15) is 0 Å². The molecule has 1 aromatic heterocycles. The Kier molecular flexibility index (Phi) is 4.87. The fourth-order valence-corrected chi connectivity index (χ4v) is 3.53. The lowest BCUT2D eigenvalue weighted by Crippen LogP contribution is -2.15. The Morgan fingerprint density at radius 2 is 2.07 bits per heavy atom. The summed E-state index contributed by atoms with van der Waals surface area (Å²) in [4.78, 5) is 40.2. The summed E-state index contributed by atoms with van der Waals surface area (Å²) in [5, 5.41) is 3.12. The van der Waals surface area contributed by atoms with Crippen molar-refractivity contribution in [2.24, 2.45) is 0 Å². The Balaban J connectivity index is 1.31. The summed E-state index contributed by atoms with van der Waals surface area (Å²) in [7, 11) is 0. The van der Waals surface area contributed by atoms with Gasteiger partial charge in [0.1, 0.15) is 11.3 Å². The highest BCUT2D eigenvalue weighted by Crippen LogP contribution is 2.32. The van der Waals surface area contributed by atoms with E-state index in [-0.39, 0.29) is 30.0 Å². The molecule has 0 saturated carbocycles. The highest BCUT2D eigenvalue weighted by Gasteiger charge is 2.27. The van der Waals surface area contributed by atoms with E-state index in [0.717, 1.165) is 17.3 Å². The molecule has 1 aliphatic heterocycles. The van der Waals surface area contributed by atoms with Crippen LogP contribution in [0.15, 0.2) is 52.1 Å². The molecule has 2 heterocycles. The minimum Gasteiger partial charge on any atom is -0.457 e. The molecule has 0 bridgehead atoms. The van der Waals surface area contributed by atoms with Crippen LogP contribution in [-0.4, -0.2) is 35.0 Å². The molecule has 0 radical (unpaired) electrons. The summed E-state index contributed by atoms with van der Waals surface area (Å²) in [5.41, 5.74) is 3.25. The van der Waals surface area contributed by atoms with Gasteiger partial charge in [-0.05, 0) is 42.8 Å². The van der Waals surface area contributed by atoms with Crippen LogP contribution in [0.3, 0.4) is 0 Å². The van der Waals surface area contributed by atoms with Gasteiger partial charge in [-0.1, -0.05) is 23.9 Å². The lowest BCUT2D eigenvalue weighted by atomic mass is 9.99. The number of fused-ring (bicyclic) bond motifs is 2. The van der Waals surface area contributed by atoms with E-state index in [9.17, 15) is 14.4 Å². The highest BCUT2D eigenvalue weighted by molar-refractivity contribution is 7.99. The molecule has 1 amide bonds. The monoisotopic (exact) mass is 396 g/mol. The van der Waals surface area contributed by atoms with Crippen LogP contribution in [0.5, 0.6) is 0 Å². The zero-order valence-electron chi connectivity index (χ0n) is 14.9. The Labute approximate surface area is 164 Å². The average Bonchev–Trinajstić information content (AvgIpc) is 3.24. The van der Waals surface area contributed by atoms with E-state index in [1.165, 1.54) is 0 Å². The number of carbonyl (C=O) groups excluding carboxylic acids is 3. The third-order valence-electron chi connectivity index (χ3n) is 4.44. The van der Waals surface area contributed by atoms with Crippen LogP contribution in [0.2, 0.25) is 0 Å². The predicted octanol–water partition coefficient (Wildman–Crippen LogP) is 3.40. The zero-order chi connectivity index (χ0) is 19.7. The lowest BCUT2D eigenvalue weighted by Gasteiger charge is -2.06. The minimum atomic E-state index is -0.535. The first-order valence-corrected chi connectivity index (χ1v) is 9.62. The van der Waals surface area contributed by atoms with Crippen LogP contribution in [0.25, 0.3) is 11.1 Å². The molecule has 0 saturated heterocycles. The van der Waals surface area contributed by atoms with Crippen LogP contribution >= 0.6 is 11.8 Å². The summed E-state index contributed by atoms with van der Waals surface area (Å²) in [6, 6.07) is 12.3. The number of nitrogens with zero attached hydrogens (tertiary/aromatic N) is 1. The van der Waals surface area contributed by atoms with Gasteiger partial charge >= 0.3 is 5.97 Å². The Morgan fingerprint density at radius 1 is 1.25 bits per heavy atom. The van der Waals surface area contributed by atoms with E-state index < -0.39 is 5.97 Å². The van der Waals surface area contributed by atoms with E-state index in [2.05, 4.69) is 10.3 Å². The van der Waals surface area contributed by atoms with Crippen molar-refractivity contribution in [3.63, 3.8) is 0 Å². The molecule has 28 heavy (non-hydrogen) atoms. The maximum atomic E-state index is 12.3. The molecule has 0 fully saturated rings. The van der Waals surface area contributed by atoms with Crippen LogP contribution in [0.1, 0.15) is 28.8 Å². The first kappa shape index (κ1) is 18.2. The molecule has 4 rings (SSSR count). The number of aromatic nitrogens is 1. The number of esters is 1. The Morgan fingerprint density at radius 3 is 2.89 bits per heavy atom. The third-order valence-corrected chi connectivity index (χ3v) is 5.24. The molecule has 3 aromatic rings. The van der Waals surface area contributed by atoms with Crippen LogP contribution < -0.4 is 5.32 Å². The van der Waals surface area contributed by atoms with Crippen molar-refractivity contribution in [1.29, 1.82) is 0 Å². The molecular formula is C20H16N2O5S. The Bertz CT molecular complexity index is 1060. The molecule has 142 valence electrons. The smallest absolute Gasteiger partial charge is 0.316 e. The molecule has 0 aliphatic carbocycles. The quantitative estimate of drug-likeness (QED) is 0.387. The van der Waals surface area contributed by atoms with Gasteiger partial charge in [0.15, 0.2) is 18.0 Å². The van der Waals surface area contributed by atoms with Crippen LogP contribution in [0.4, 0.5) is 5.69 Å². The van der Waals surface area contributed by atoms with E-state index >= 15 is 0 Å². The van der Waals surface area contributed by atoms with Gasteiger partial charge in [-0.25, -0.2) is 4.98 Å². The molecular weight excluding hydrogens is 380 g/mol. The number of nitrogens with one attached hydrogen (secondary N) is 1. The zero-order valence-corrected chi connectivity index (χ0v) is 15.7. The largest absolute Gasteiger partial charge is 0.457 e.